The number of carbonyl (C=O) groups is 1. The molecule has 1 atom stereocenters. The van der Waals surface area contributed by atoms with Gasteiger partial charge in [-0.25, -0.2) is 0 Å². The summed E-state index contributed by atoms with van der Waals surface area (Å²) in [6.45, 7) is 1.90. The number of nitrogens with one attached hydrogen (secondary N) is 2. The molecule has 0 bridgehead atoms. The van der Waals surface area contributed by atoms with Crippen LogP contribution in [0.5, 0.6) is 5.75 Å². The molecule has 0 heterocycles. The monoisotopic (exact) mass is 338 g/mol. The van der Waals surface area contributed by atoms with Crippen molar-refractivity contribution in [2.75, 3.05) is 12.4 Å². The van der Waals surface area contributed by atoms with E-state index in [1.807, 2.05) is 6.92 Å². The summed E-state index contributed by atoms with van der Waals surface area (Å²) in [5.41, 5.74) is 0.707. The Morgan fingerprint density at radius 1 is 1.30 bits per heavy atom. The van der Waals surface area contributed by atoms with E-state index in [1.54, 1.807) is 31.4 Å². The van der Waals surface area contributed by atoms with Crippen molar-refractivity contribution in [3.8, 4) is 5.75 Å². The minimum Gasteiger partial charge on any atom is -0.497 e. The van der Waals surface area contributed by atoms with Crippen LogP contribution in [0.15, 0.2) is 24.3 Å². The van der Waals surface area contributed by atoms with Gasteiger partial charge in [-0.05, 0) is 30.7 Å². The van der Waals surface area contributed by atoms with Crippen LogP contribution in [0.2, 0.25) is 0 Å². The molecule has 0 saturated carbocycles. The topological polar surface area (TPSA) is 50.4 Å². The Hall–Kier alpha value is -0.840. The third-order valence-corrected chi connectivity index (χ3v) is 3.17. The molecule has 0 saturated heterocycles. The number of hydrogen-bond donors (Lipinski definition) is 2. The minimum atomic E-state index is -1.66. The first-order valence-corrected chi connectivity index (χ1v) is 7.27. The Kier molecular flexibility index (Phi) is 6.72. The molecule has 0 aliphatic carbocycles. The predicted octanol–water partition coefficient (Wildman–Crippen LogP) is 3.72. The molecule has 1 rings (SSSR count). The average Bonchev–Trinajstić information content (AvgIpc) is 2.38. The molecular formula is C13H17Cl3N2O2. The van der Waals surface area contributed by atoms with Gasteiger partial charge in [-0.15, -0.1) is 0 Å². The molecule has 0 aliphatic heterocycles. The normalized spacial score (nSPS) is 12.7. The van der Waals surface area contributed by atoms with Crippen LogP contribution >= 0.6 is 34.8 Å². The van der Waals surface area contributed by atoms with E-state index in [9.17, 15) is 4.79 Å². The second kappa shape index (κ2) is 7.81. The summed E-state index contributed by atoms with van der Waals surface area (Å²) in [4.78, 5) is 11.6. The van der Waals surface area contributed by atoms with E-state index in [0.717, 1.165) is 12.2 Å². The molecule has 1 aromatic carbocycles. The van der Waals surface area contributed by atoms with E-state index >= 15 is 0 Å². The summed E-state index contributed by atoms with van der Waals surface area (Å²) in [7, 11) is 1.58. The fraction of sp³-hybridized carbons (Fsp3) is 0.462. The lowest BCUT2D eigenvalue weighted by Crippen LogP contribution is -2.49. The van der Waals surface area contributed by atoms with Gasteiger partial charge in [-0.3, -0.25) is 4.79 Å². The molecule has 0 fully saturated rings. The van der Waals surface area contributed by atoms with Crippen LogP contribution in [-0.4, -0.2) is 23.0 Å². The fourth-order valence-electron chi connectivity index (χ4n) is 1.51. The smallest absolute Gasteiger partial charge is 0.228 e. The van der Waals surface area contributed by atoms with Crippen molar-refractivity contribution in [1.82, 2.24) is 5.32 Å². The van der Waals surface area contributed by atoms with Crippen molar-refractivity contribution < 1.29 is 9.53 Å². The third-order valence-electron chi connectivity index (χ3n) is 2.51. The van der Waals surface area contributed by atoms with Gasteiger partial charge in [0.25, 0.3) is 0 Å². The van der Waals surface area contributed by atoms with E-state index in [1.165, 1.54) is 0 Å². The summed E-state index contributed by atoms with van der Waals surface area (Å²) in [6, 6.07) is 7.08. The highest BCUT2D eigenvalue weighted by Crippen LogP contribution is 2.31. The Balaban J connectivity index is 2.76. The summed E-state index contributed by atoms with van der Waals surface area (Å²) in [5, 5.41) is 5.63. The van der Waals surface area contributed by atoms with Crippen LogP contribution in [0.3, 0.4) is 0 Å². The van der Waals surface area contributed by atoms with Gasteiger partial charge in [-0.1, -0.05) is 41.7 Å². The van der Waals surface area contributed by atoms with Gasteiger partial charge in [0.05, 0.1) is 7.11 Å². The zero-order valence-corrected chi connectivity index (χ0v) is 13.5. The van der Waals surface area contributed by atoms with E-state index in [2.05, 4.69) is 10.6 Å². The highest BCUT2D eigenvalue weighted by Gasteiger charge is 2.33. The first-order valence-electron chi connectivity index (χ1n) is 6.13. The van der Waals surface area contributed by atoms with Crippen molar-refractivity contribution in [1.29, 1.82) is 0 Å². The van der Waals surface area contributed by atoms with Gasteiger partial charge in [0.15, 0.2) is 0 Å². The maximum atomic E-state index is 11.6. The van der Waals surface area contributed by atoms with Gasteiger partial charge >= 0.3 is 0 Å². The van der Waals surface area contributed by atoms with Crippen molar-refractivity contribution in [3.05, 3.63) is 24.3 Å². The number of ether oxygens (including phenoxy) is 1. The second-order valence-corrected chi connectivity index (χ2v) is 6.53. The molecule has 112 valence electrons. The van der Waals surface area contributed by atoms with Crippen LogP contribution in [0.25, 0.3) is 0 Å². The lowest BCUT2D eigenvalue weighted by atomic mass is 10.3. The predicted molar refractivity (Wildman–Crippen MR) is 83.7 cm³/mol. The SMILES string of the molecule is CCCC(=O)N[C@H](Nc1ccc(OC)cc1)C(Cl)(Cl)Cl. The quantitative estimate of drug-likeness (QED) is 0.613. The number of amides is 1. The standard InChI is InChI=1S/C13H17Cl3N2O2/c1-3-4-11(19)18-12(13(14,15)16)17-9-5-7-10(20-2)8-6-9/h5-8,12,17H,3-4H2,1-2H3,(H,18,19)/t12-/m0/s1. The summed E-state index contributed by atoms with van der Waals surface area (Å²) in [5.74, 6) is 0.542. The first kappa shape index (κ1) is 17.2. The molecule has 7 heteroatoms. The number of hydrogen-bond acceptors (Lipinski definition) is 3. The maximum absolute atomic E-state index is 11.6. The van der Waals surface area contributed by atoms with Crippen LogP contribution in [-0.2, 0) is 4.79 Å². The van der Waals surface area contributed by atoms with E-state index in [0.29, 0.717) is 12.1 Å². The Morgan fingerprint density at radius 3 is 2.35 bits per heavy atom. The van der Waals surface area contributed by atoms with Gasteiger partial charge < -0.3 is 15.4 Å². The molecule has 0 spiro atoms. The Morgan fingerprint density at radius 2 is 1.90 bits per heavy atom. The fourth-order valence-corrected chi connectivity index (χ4v) is 1.84. The van der Waals surface area contributed by atoms with Crippen LogP contribution in [0.4, 0.5) is 5.69 Å². The summed E-state index contributed by atoms with van der Waals surface area (Å²) >= 11 is 17.6. The highest BCUT2D eigenvalue weighted by molar-refractivity contribution is 6.68. The van der Waals surface area contributed by atoms with Gasteiger partial charge in [-0.2, -0.15) is 0 Å². The average molecular weight is 340 g/mol. The molecular weight excluding hydrogens is 323 g/mol. The van der Waals surface area contributed by atoms with Crippen molar-refractivity contribution in [2.24, 2.45) is 0 Å². The van der Waals surface area contributed by atoms with Gasteiger partial charge in [0.1, 0.15) is 11.9 Å². The van der Waals surface area contributed by atoms with E-state index in [4.69, 9.17) is 39.5 Å². The first-order chi connectivity index (χ1) is 9.36. The maximum Gasteiger partial charge on any atom is 0.228 e. The second-order valence-electron chi connectivity index (χ2n) is 4.16. The molecule has 1 aromatic rings. The zero-order valence-electron chi connectivity index (χ0n) is 11.3. The van der Waals surface area contributed by atoms with Crippen LogP contribution < -0.4 is 15.4 Å². The summed E-state index contributed by atoms with van der Waals surface area (Å²) < 4.78 is 3.40. The molecule has 4 nitrogen and oxygen atoms in total. The molecule has 0 radical (unpaired) electrons. The molecule has 0 aliphatic rings. The zero-order chi connectivity index (χ0) is 15.2. The number of alkyl halides is 3. The lowest BCUT2D eigenvalue weighted by Gasteiger charge is -2.27. The number of benzene rings is 1. The van der Waals surface area contributed by atoms with Crippen LogP contribution in [0, 0.1) is 0 Å². The Bertz CT molecular complexity index is 432. The number of anilines is 1. The van der Waals surface area contributed by atoms with Crippen LogP contribution in [0.1, 0.15) is 19.8 Å². The number of methoxy groups -OCH3 is 1. The molecule has 2 N–H and O–H groups in total. The minimum absolute atomic E-state index is 0.176. The van der Waals surface area contributed by atoms with E-state index < -0.39 is 9.96 Å². The lowest BCUT2D eigenvalue weighted by molar-refractivity contribution is -0.121. The van der Waals surface area contributed by atoms with Gasteiger partial charge in [0, 0.05) is 12.1 Å². The number of rotatable bonds is 6. The molecule has 20 heavy (non-hydrogen) atoms. The number of carbonyl (C=O) groups excluding carboxylic acids is 1. The molecule has 1 amide bonds. The molecule has 0 aromatic heterocycles. The third kappa shape index (κ3) is 5.65. The van der Waals surface area contributed by atoms with Gasteiger partial charge in [0.2, 0.25) is 9.70 Å². The highest BCUT2D eigenvalue weighted by atomic mass is 35.6. The largest absolute Gasteiger partial charge is 0.497 e. The Labute approximate surface area is 133 Å². The summed E-state index contributed by atoms with van der Waals surface area (Å²) in [6.07, 6.45) is 0.280. The van der Waals surface area contributed by atoms with Crippen molar-refractivity contribution in [3.63, 3.8) is 0 Å². The number of halogens is 3. The molecule has 0 unspecified atom stereocenters. The van der Waals surface area contributed by atoms with Crippen molar-refractivity contribution in [2.45, 2.75) is 29.7 Å². The van der Waals surface area contributed by atoms with E-state index in [-0.39, 0.29) is 5.91 Å². The van der Waals surface area contributed by atoms with Crippen molar-refractivity contribution >= 4 is 46.4 Å².